The van der Waals surface area contributed by atoms with Crippen LogP contribution in [-0.2, 0) is 0 Å². The zero-order valence-corrected chi connectivity index (χ0v) is 15.0. The summed E-state index contributed by atoms with van der Waals surface area (Å²) in [6, 6.07) is 18.6. The van der Waals surface area contributed by atoms with Crippen molar-refractivity contribution in [3.8, 4) is 11.5 Å². The van der Waals surface area contributed by atoms with Gasteiger partial charge in [-0.1, -0.05) is 6.07 Å². The molecular formula is C21H19N3O3. The molecule has 1 aromatic heterocycles. The molecule has 0 saturated carbocycles. The topological polar surface area (TPSA) is 63.7 Å². The largest absolute Gasteiger partial charge is 0.497 e. The van der Waals surface area contributed by atoms with Crippen LogP contribution in [0.4, 0.5) is 11.4 Å². The van der Waals surface area contributed by atoms with Crippen molar-refractivity contribution in [3.63, 3.8) is 0 Å². The number of carbonyl (C=O) groups excluding carboxylic acids is 1. The SMILES string of the molecule is COc1ccc(N2C(=O)c3cccnc3C2Nc2cccc(OC)c2)cc1. The molecule has 1 unspecified atom stereocenters. The molecule has 0 spiro atoms. The number of carbonyl (C=O) groups is 1. The van der Waals surface area contributed by atoms with Gasteiger partial charge >= 0.3 is 0 Å². The van der Waals surface area contributed by atoms with Crippen LogP contribution in [0.1, 0.15) is 22.2 Å². The van der Waals surface area contributed by atoms with E-state index in [4.69, 9.17) is 9.47 Å². The lowest BCUT2D eigenvalue weighted by Gasteiger charge is -2.26. The molecule has 2 heterocycles. The van der Waals surface area contributed by atoms with E-state index in [1.165, 1.54) is 0 Å². The zero-order valence-electron chi connectivity index (χ0n) is 15.0. The second-order valence-electron chi connectivity index (χ2n) is 6.09. The summed E-state index contributed by atoms with van der Waals surface area (Å²) >= 11 is 0. The molecule has 136 valence electrons. The Morgan fingerprint density at radius 1 is 0.963 bits per heavy atom. The fraction of sp³-hybridized carbons (Fsp3) is 0.143. The summed E-state index contributed by atoms with van der Waals surface area (Å²) in [4.78, 5) is 19.2. The van der Waals surface area contributed by atoms with Crippen molar-refractivity contribution < 1.29 is 14.3 Å². The van der Waals surface area contributed by atoms with Crippen LogP contribution < -0.4 is 19.7 Å². The number of nitrogens with zero attached hydrogens (tertiary/aromatic N) is 2. The van der Waals surface area contributed by atoms with Gasteiger partial charge in [-0.3, -0.25) is 14.7 Å². The molecule has 0 radical (unpaired) electrons. The minimum atomic E-state index is -0.422. The van der Waals surface area contributed by atoms with E-state index in [-0.39, 0.29) is 5.91 Å². The Bertz CT molecular complexity index is 972. The van der Waals surface area contributed by atoms with E-state index in [0.29, 0.717) is 11.3 Å². The van der Waals surface area contributed by atoms with Crippen LogP contribution in [0.2, 0.25) is 0 Å². The van der Waals surface area contributed by atoms with Crippen LogP contribution in [0.25, 0.3) is 0 Å². The number of anilines is 2. The highest BCUT2D eigenvalue weighted by Gasteiger charge is 2.39. The van der Waals surface area contributed by atoms with Crippen LogP contribution >= 0.6 is 0 Å². The zero-order chi connectivity index (χ0) is 18.8. The second-order valence-corrected chi connectivity index (χ2v) is 6.09. The molecule has 1 atom stereocenters. The van der Waals surface area contributed by atoms with Gasteiger partial charge < -0.3 is 14.8 Å². The average molecular weight is 361 g/mol. The Morgan fingerprint density at radius 2 is 1.74 bits per heavy atom. The molecule has 0 fully saturated rings. The normalized spacial score (nSPS) is 15.4. The number of amides is 1. The summed E-state index contributed by atoms with van der Waals surface area (Å²) in [7, 11) is 3.24. The van der Waals surface area contributed by atoms with E-state index >= 15 is 0 Å². The van der Waals surface area contributed by atoms with Crippen LogP contribution in [0.5, 0.6) is 11.5 Å². The van der Waals surface area contributed by atoms with E-state index in [1.54, 1.807) is 37.4 Å². The highest BCUT2D eigenvalue weighted by molar-refractivity contribution is 6.11. The summed E-state index contributed by atoms with van der Waals surface area (Å²) in [6.07, 6.45) is 1.28. The first-order valence-electron chi connectivity index (χ1n) is 8.54. The number of fused-ring (bicyclic) bond motifs is 1. The van der Waals surface area contributed by atoms with Gasteiger partial charge in [0.1, 0.15) is 11.5 Å². The van der Waals surface area contributed by atoms with E-state index in [1.807, 2.05) is 48.5 Å². The minimum absolute atomic E-state index is 0.0938. The van der Waals surface area contributed by atoms with E-state index < -0.39 is 6.17 Å². The number of methoxy groups -OCH3 is 2. The van der Waals surface area contributed by atoms with Gasteiger partial charge in [0.2, 0.25) is 0 Å². The predicted molar refractivity (Wildman–Crippen MR) is 103 cm³/mol. The lowest BCUT2D eigenvalue weighted by Crippen LogP contribution is -2.32. The third-order valence-electron chi connectivity index (χ3n) is 4.53. The molecule has 2 aromatic carbocycles. The number of ether oxygens (including phenoxy) is 2. The molecule has 27 heavy (non-hydrogen) atoms. The molecule has 0 bridgehead atoms. The minimum Gasteiger partial charge on any atom is -0.497 e. The standard InChI is InChI=1S/C21H19N3O3/c1-26-16-10-8-15(9-11-16)24-20(19-18(21(24)25)7-4-12-22-19)23-14-5-3-6-17(13-14)27-2/h3-13,20,23H,1-2H3. The average Bonchev–Trinajstić information content (AvgIpc) is 3.00. The van der Waals surface area contributed by atoms with Gasteiger partial charge in [-0.15, -0.1) is 0 Å². The van der Waals surface area contributed by atoms with Gasteiger partial charge in [-0.05, 0) is 48.5 Å². The summed E-state index contributed by atoms with van der Waals surface area (Å²) < 4.78 is 10.5. The highest BCUT2D eigenvalue weighted by Crippen LogP contribution is 2.37. The van der Waals surface area contributed by atoms with Gasteiger partial charge in [-0.25, -0.2) is 0 Å². The van der Waals surface area contributed by atoms with Crippen LogP contribution in [0, 0.1) is 0 Å². The van der Waals surface area contributed by atoms with Crippen molar-refractivity contribution in [2.75, 3.05) is 24.4 Å². The number of hydrogen-bond donors (Lipinski definition) is 1. The molecule has 1 aliphatic rings. The number of benzene rings is 2. The Hall–Kier alpha value is -3.54. The van der Waals surface area contributed by atoms with E-state index in [9.17, 15) is 4.79 Å². The third kappa shape index (κ3) is 3.06. The first-order chi connectivity index (χ1) is 13.2. The summed E-state index contributed by atoms with van der Waals surface area (Å²) in [5.41, 5.74) is 2.89. The Labute approximate surface area is 157 Å². The maximum atomic E-state index is 13.1. The monoisotopic (exact) mass is 361 g/mol. The number of rotatable bonds is 5. The van der Waals surface area contributed by atoms with Crippen molar-refractivity contribution in [3.05, 3.63) is 78.1 Å². The van der Waals surface area contributed by atoms with Gasteiger partial charge in [0, 0.05) is 23.6 Å². The Kier molecular flexibility index (Phi) is 4.38. The molecular weight excluding hydrogens is 342 g/mol. The third-order valence-corrected chi connectivity index (χ3v) is 4.53. The van der Waals surface area contributed by atoms with Crippen LogP contribution in [0.15, 0.2) is 66.9 Å². The fourth-order valence-corrected chi connectivity index (χ4v) is 3.20. The highest BCUT2D eigenvalue weighted by atomic mass is 16.5. The summed E-state index contributed by atoms with van der Waals surface area (Å²) in [5.74, 6) is 1.38. The van der Waals surface area contributed by atoms with Gasteiger partial charge in [-0.2, -0.15) is 0 Å². The number of aromatic nitrogens is 1. The van der Waals surface area contributed by atoms with Gasteiger partial charge in [0.05, 0.1) is 25.5 Å². The molecule has 6 nitrogen and oxygen atoms in total. The molecule has 4 rings (SSSR count). The second kappa shape index (κ2) is 6.99. The van der Waals surface area contributed by atoms with Crippen molar-refractivity contribution in [1.29, 1.82) is 0 Å². The molecule has 0 saturated heterocycles. The van der Waals surface area contributed by atoms with Gasteiger partial charge in [0.15, 0.2) is 6.17 Å². The van der Waals surface area contributed by atoms with Gasteiger partial charge in [0.25, 0.3) is 5.91 Å². The summed E-state index contributed by atoms with van der Waals surface area (Å²) in [6.45, 7) is 0. The summed E-state index contributed by atoms with van der Waals surface area (Å²) in [5, 5.41) is 3.41. The molecule has 0 aliphatic carbocycles. The van der Waals surface area contributed by atoms with Crippen molar-refractivity contribution >= 4 is 17.3 Å². The lowest BCUT2D eigenvalue weighted by molar-refractivity contribution is 0.0993. The van der Waals surface area contributed by atoms with Crippen molar-refractivity contribution in [2.24, 2.45) is 0 Å². The lowest BCUT2D eigenvalue weighted by atomic mass is 10.2. The maximum Gasteiger partial charge on any atom is 0.262 e. The number of nitrogens with one attached hydrogen (secondary N) is 1. The van der Waals surface area contributed by atoms with E-state index in [0.717, 1.165) is 22.9 Å². The van der Waals surface area contributed by atoms with Crippen molar-refractivity contribution in [1.82, 2.24) is 4.98 Å². The molecule has 6 heteroatoms. The predicted octanol–water partition coefficient (Wildman–Crippen LogP) is 3.87. The van der Waals surface area contributed by atoms with E-state index in [2.05, 4.69) is 10.3 Å². The quantitative estimate of drug-likeness (QED) is 0.747. The molecule has 1 amide bonds. The molecule has 3 aromatic rings. The van der Waals surface area contributed by atoms with Crippen LogP contribution in [-0.4, -0.2) is 25.1 Å². The smallest absolute Gasteiger partial charge is 0.262 e. The number of pyridine rings is 1. The first kappa shape index (κ1) is 16.9. The van der Waals surface area contributed by atoms with Crippen molar-refractivity contribution in [2.45, 2.75) is 6.17 Å². The Morgan fingerprint density at radius 3 is 2.48 bits per heavy atom. The maximum absolute atomic E-state index is 13.1. The van der Waals surface area contributed by atoms with Crippen LogP contribution in [0.3, 0.4) is 0 Å². The first-order valence-corrected chi connectivity index (χ1v) is 8.54. The Balaban J connectivity index is 1.74. The molecule has 1 aliphatic heterocycles. The fourth-order valence-electron chi connectivity index (χ4n) is 3.20. The molecule has 1 N–H and O–H groups in total. The number of hydrogen-bond acceptors (Lipinski definition) is 5.